The predicted octanol–water partition coefficient (Wildman–Crippen LogP) is 1.55. The maximum Gasteiger partial charge on any atom is 0.309 e. The normalized spacial score (nSPS) is 21.1. The summed E-state index contributed by atoms with van der Waals surface area (Å²) in [6.45, 7) is 5.79. The molecule has 1 aromatic rings. The van der Waals surface area contributed by atoms with Crippen molar-refractivity contribution in [2.75, 3.05) is 26.2 Å². The van der Waals surface area contributed by atoms with Crippen molar-refractivity contribution >= 4 is 17.3 Å². The Hall–Kier alpha value is -0.980. The van der Waals surface area contributed by atoms with E-state index in [4.69, 9.17) is 9.84 Å². The van der Waals surface area contributed by atoms with Gasteiger partial charge < -0.3 is 9.84 Å². The number of carboxylic acid groups (broad SMARTS) is 1. The van der Waals surface area contributed by atoms with Crippen molar-refractivity contribution in [1.29, 1.82) is 0 Å². The summed E-state index contributed by atoms with van der Waals surface area (Å²) in [5, 5.41) is 11.4. The van der Waals surface area contributed by atoms with Crippen LogP contribution in [0.15, 0.2) is 5.38 Å². The monoisotopic (exact) mass is 270 g/mol. The number of carbonyl (C=O) groups is 1. The summed E-state index contributed by atoms with van der Waals surface area (Å²) in [7, 11) is 0. The topological polar surface area (TPSA) is 62.7 Å². The minimum atomic E-state index is -0.843. The molecule has 1 aromatic heterocycles. The molecule has 0 saturated carbocycles. The van der Waals surface area contributed by atoms with Gasteiger partial charge in [-0.05, 0) is 13.0 Å². The zero-order valence-electron chi connectivity index (χ0n) is 10.5. The van der Waals surface area contributed by atoms with Gasteiger partial charge in [-0.15, -0.1) is 11.3 Å². The average molecular weight is 270 g/mol. The first kappa shape index (κ1) is 13.5. The number of carboxylic acids is 1. The molecule has 1 atom stereocenters. The van der Waals surface area contributed by atoms with Crippen molar-refractivity contribution in [2.24, 2.45) is 0 Å². The lowest BCUT2D eigenvalue weighted by molar-refractivity contribution is -0.136. The van der Waals surface area contributed by atoms with Crippen LogP contribution in [0.4, 0.5) is 0 Å². The van der Waals surface area contributed by atoms with Gasteiger partial charge in [-0.1, -0.05) is 6.92 Å². The van der Waals surface area contributed by atoms with Gasteiger partial charge in [0.05, 0.1) is 18.7 Å². The van der Waals surface area contributed by atoms with Crippen molar-refractivity contribution in [3.63, 3.8) is 0 Å². The van der Waals surface area contributed by atoms with Crippen LogP contribution < -0.4 is 0 Å². The van der Waals surface area contributed by atoms with Crippen LogP contribution in [0.3, 0.4) is 0 Å². The summed E-state index contributed by atoms with van der Waals surface area (Å²) in [4.78, 5) is 17.3. The van der Waals surface area contributed by atoms with Gasteiger partial charge in [0.2, 0.25) is 0 Å². The number of hydrogen-bond donors (Lipinski definition) is 1. The number of aliphatic carboxylic acids is 1. The van der Waals surface area contributed by atoms with E-state index in [1.165, 1.54) is 11.3 Å². The molecule has 18 heavy (non-hydrogen) atoms. The van der Waals surface area contributed by atoms with Gasteiger partial charge in [-0.3, -0.25) is 9.69 Å². The first-order valence-corrected chi connectivity index (χ1v) is 7.07. The van der Waals surface area contributed by atoms with Crippen LogP contribution >= 0.6 is 11.3 Å². The molecule has 100 valence electrons. The summed E-state index contributed by atoms with van der Waals surface area (Å²) in [6.07, 6.45) is 1.12. The molecule has 2 heterocycles. The summed E-state index contributed by atoms with van der Waals surface area (Å²) in [6, 6.07) is 0. The summed E-state index contributed by atoms with van der Waals surface area (Å²) in [5.74, 6) is -0.843. The number of hydrogen-bond acceptors (Lipinski definition) is 5. The van der Waals surface area contributed by atoms with Crippen LogP contribution in [0.5, 0.6) is 0 Å². The van der Waals surface area contributed by atoms with E-state index in [2.05, 4.69) is 16.8 Å². The Kier molecular flexibility index (Phi) is 4.68. The third-order valence-electron chi connectivity index (χ3n) is 2.87. The summed E-state index contributed by atoms with van der Waals surface area (Å²) in [5.41, 5.74) is 0.624. The molecule has 2 rings (SSSR count). The van der Waals surface area contributed by atoms with E-state index in [9.17, 15) is 4.79 Å². The van der Waals surface area contributed by atoms with Crippen LogP contribution in [-0.4, -0.2) is 47.2 Å². The molecule has 0 amide bonds. The molecule has 1 aliphatic heterocycles. The van der Waals surface area contributed by atoms with E-state index in [0.717, 1.165) is 37.7 Å². The number of thiazole rings is 1. The quantitative estimate of drug-likeness (QED) is 0.879. The summed E-state index contributed by atoms with van der Waals surface area (Å²) < 4.78 is 5.72. The Morgan fingerprint density at radius 3 is 3.28 bits per heavy atom. The Balaban J connectivity index is 1.97. The first-order valence-electron chi connectivity index (χ1n) is 6.19. The molecule has 1 unspecified atom stereocenters. The molecule has 1 fully saturated rings. The van der Waals surface area contributed by atoms with E-state index >= 15 is 0 Å². The fraction of sp³-hybridized carbons (Fsp3) is 0.667. The van der Waals surface area contributed by atoms with Gasteiger partial charge in [0, 0.05) is 18.5 Å². The van der Waals surface area contributed by atoms with Crippen molar-refractivity contribution in [2.45, 2.75) is 25.9 Å². The Morgan fingerprint density at radius 1 is 1.72 bits per heavy atom. The Labute approximate surface area is 110 Å². The molecule has 5 nitrogen and oxygen atoms in total. The number of aromatic nitrogens is 1. The zero-order valence-corrected chi connectivity index (χ0v) is 11.3. The molecule has 1 aliphatic rings. The molecule has 0 bridgehead atoms. The SMILES string of the molecule is CCCN1CCOC(c2nc(CC(=O)O)cs2)C1. The van der Waals surface area contributed by atoms with Crippen molar-refractivity contribution in [3.8, 4) is 0 Å². The number of rotatable bonds is 5. The molecule has 6 heteroatoms. The third kappa shape index (κ3) is 3.51. The second kappa shape index (κ2) is 6.26. The van der Waals surface area contributed by atoms with Crippen molar-refractivity contribution < 1.29 is 14.6 Å². The van der Waals surface area contributed by atoms with E-state index in [1.54, 1.807) is 0 Å². The van der Waals surface area contributed by atoms with Gasteiger partial charge in [-0.2, -0.15) is 0 Å². The Morgan fingerprint density at radius 2 is 2.56 bits per heavy atom. The van der Waals surface area contributed by atoms with Crippen LogP contribution in [-0.2, 0) is 16.0 Å². The van der Waals surface area contributed by atoms with E-state index in [0.29, 0.717) is 5.69 Å². The van der Waals surface area contributed by atoms with Crippen molar-refractivity contribution in [3.05, 3.63) is 16.1 Å². The summed E-state index contributed by atoms with van der Waals surface area (Å²) >= 11 is 1.49. The van der Waals surface area contributed by atoms with E-state index < -0.39 is 5.97 Å². The highest BCUT2D eigenvalue weighted by atomic mass is 32.1. The fourth-order valence-electron chi connectivity index (χ4n) is 2.08. The van der Waals surface area contributed by atoms with Crippen molar-refractivity contribution in [1.82, 2.24) is 9.88 Å². The molecular formula is C12H18N2O3S. The second-order valence-electron chi connectivity index (χ2n) is 4.41. The molecular weight excluding hydrogens is 252 g/mol. The molecule has 0 spiro atoms. The minimum absolute atomic E-state index is 0.00200. The van der Waals surface area contributed by atoms with Gasteiger partial charge in [0.25, 0.3) is 0 Å². The first-order chi connectivity index (χ1) is 8.69. The van der Waals surface area contributed by atoms with E-state index in [1.807, 2.05) is 5.38 Å². The van der Waals surface area contributed by atoms with Crippen LogP contribution in [0.1, 0.15) is 30.2 Å². The maximum atomic E-state index is 10.6. The molecule has 0 aliphatic carbocycles. The largest absolute Gasteiger partial charge is 0.481 e. The lowest BCUT2D eigenvalue weighted by Crippen LogP contribution is -2.38. The highest BCUT2D eigenvalue weighted by molar-refractivity contribution is 7.09. The predicted molar refractivity (Wildman–Crippen MR) is 68.9 cm³/mol. The van der Waals surface area contributed by atoms with Gasteiger partial charge in [0.1, 0.15) is 11.1 Å². The average Bonchev–Trinajstić information content (AvgIpc) is 2.77. The zero-order chi connectivity index (χ0) is 13.0. The van der Waals surface area contributed by atoms with Gasteiger partial charge in [0.15, 0.2) is 0 Å². The highest BCUT2D eigenvalue weighted by Crippen LogP contribution is 2.25. The van der Waals surface area contributed by atoms with Crippen LogP contribution in [0, 0.1) is 0 Å². The lowest BCUT2D eigenvalue weighted by Gasteiger charge is -2.31. The van der Waals surface area contributed by atoms with Crippen LogP contribution in [0.2, 0.25) is 0 Å². The van der Waals surface area contributed by atoms with Gasteiger partial charge in [-0.25, -0.2) is 4.98 Å². The number of morpholine rings is 1. The second-order valence-corrected chi connectivity index (χ2v) is 5.30. The smallest absolute Gasteiger partial charge is 0.309 e. The standard InChI is InChI=1S/C12H18N2O3S/c1-2-3-14-4-5-17-10(7-14)12-13-9(8-18-12)6-11(15)16/h8,10H,2-7H2,1H3,(H,15,16). The third-order valence-corrected chi connectivity index (χ3v) is 3.85. The highest BCUT2D eigenvalue weighted by Gasteiger charge is 2.24. The fourth-order valence-corrected chi connectivity index (χ4v) is 2.94. The van der Waals surface area contributed by atoms with Crippen LogP contribution in [0.25, 0.3) is 0 Å². The Bertz CT molecular complexity index is 406. The maximum absolute atomic E-state index is 10.6. The van der Waals surface area contributed by atoms with E-state index in [-0.39, 0.29) is 12.5 Å². The molecule has 0 radical (unpaired) electrons. The molecule has 0 aromatic carbocycles. The molecule has 1 saturated heterocycles. The lowest BCUT2D eigenvalue weighted by atomic mass is 10.2. The molecule has 1 N–H and O–H groups in total. The minimum Gasteiger partial charge on any atom is -0.481 e. The van der Waals surface area contributed by atoms with Gasteiger partial charge >= 0.3 is 5.97 Å². The number of nitrogens with zero attached hydrogens (tertiary/aromatic N) is 2. The number of ether oxygens (including phenoxy) is 1.